The summed E-state index contributed by atoms with van der Waals surface area (Å²) < 4.78 is 0. The third kappa shape index (κ3) is 9.85. The normalized spacial score (nSPS) is 10.5. The summed E-state index contributed by atoms with van der Waals surface area (Å²) >= 11 is 0. The fourth-order valence-corrected chi connectivity index (χ4v) is 0.375. The quantitative estimate of drug-likeness (QED) is 0.712. The summed E-state index contributed by atoms with van der Waals surface area (Å²) in [5.41, 5.74) is 0.238. The fraction of sp³-hybridized carbons (Fsp3) is 0.833. The van der Waals surface area contributed by atoms with Crippen LogP contribution in [0.3, 0.4) is 0 Å². The Morgan fingerprint density at radius 3 is 1.75 bits per heavy atom. The van der Waals surface area contributed by atoms with Gasteiger partial charge in [-0.3, -0.25) is 0 Å². The maximum Gasteiger partial charge on any atom is 0.00695 e. The SMILES string of the molecule is [CH2-]CNC(C)(C)C.[Ta]. The summed E-state index contributed by atoms with van der Waals surface area (Å²) in [6.07, 6.45) is 0. The summed E-state index contributed by atoms with van der Waals surface area (Å²) in [5, 5.41) is 3.17. The van der Waals surface area contributed by atoms with Crippen LogP contribution in [0.25, 0.3) is 0 Å². The second-order valence-corrected chi connectivity index (χ2v) is 2.68. The van der Waals surface area contributed by atoms with Crippen LogP contribution < -0.4 is 5.32 Å². The molecule has 1 N–H and O–H groups in total. The predicted molar refractivity (Wildman–Crippen MR) is 33.1 cm³/mol. The van der Waals surface area contributed by atoms with Gasteiger partial charge in [-0.1, -0.05) is 0 Å². The number of rotatable bonds is 1. The van der Waals surface area contributed by atoms with Gasteiger partial charge in [0.15, 0.2) is 0 Å². The van der Waals surface area contributed by atoms with Gasteiger partial charge in [-0.15, -0.1) is 6.54 Å². The molecule has 1 radical (unpaired) electrons. The van der Waals surface area contributed by atoms with Gasteiger partial charge in [-0.25, -0.2) is 0 Å². The Balaban J connectivity index is 0. The summed E-state index contributed by atoms with van der Waals surface area (Å²) in [6, 6.07) is 0. The molecule has 0 bridgehead atoms. The van der Waals surface area contributed by atoms with E-state index in [2.05, 4.69) is 33.0 Å². The number of hydrogen-bond donors (Lipinski definition) is 1. The molecule has 0 aliphatic rings. The second kappa shape index (κ2) is 4.57. The van der Waals surface area contributed by atoms with Crippen molar-refractivity contribution >= 4 is 0 Å². The van der Waals surface area contributed by atoms with Crippen molar-refractivity contribution in [3.05, 3.63) is 6.92 Å². The minimum atomic E-state index is 0. The Labute approximate surface area is 67.7 Å². The number of hydrogen-bond acceptors (Lipinski definition) is 1. The van der Waals surface area contributed by atoms with Gasteiger partial charge < -0.3 is 12.2 Å². The van der Waals surface area contributed by atoms with Gasteiger partial charge in [0, 0.05) is 27.9 Å². The molecule has 0 heterocycles. The van der Waals surface area contributed by atoms with Crippen molar-refractivity contribution < 1.29 is 22.4 Å². The molecule has 0 aromatic rings. The van der Waals surface area contributed by atoms with Gasteiger partial charge in [0.05, 0.1) is 0 Å². The smallest absolute Gasteiger partial charge is 0.00695 e. The third-order valence-corrected chi connectivity index (χ3v) is 0.655. The molecule has 0 aliphatic carbocycles. The van der Waals surface area contributed by atoms with Crippen molar-refractivity contribution in [2.75, 3.05) is 6.54 Å². The first kappa shape index (κ1) is 11.5. The van der Waals surface area contributed by atoms with Gasteiger partial charge in [0.25, 0.3) is 0 Å². The summed E-state index contributed by atoms with van der Waals surface area (Å²) in [5.74, 6) is 0. The van der Waals surface area contributed by atoms with Crippen LogP contribution in [0.15, 0.2) is 0 Å². The standard InChI is InChI=1S/C6H14N.Ta/c1-5-7-6(2,3)4;/h7H,1,5H2,2-4H3;/q-1;. The molecule has 2 heteroatoms. The Morgan fingerprint density at radius 2 is 1.75 bits per heavy atom. The Bertz CT molecular complexity index is 47.0. The Morgan fingerprint density at radius 1 is 1.38 bits per heavy atom. The third-order valence-electron chi connectivity index (χ3n) is 0.655. The summed E-state index contributed by atoms with van der Waals surface area (Å²) in [7, 11) is 0. The van der Waals surface area contributed by atoms with Crippen molar-refractivity contribution in [2.24, 2.45) is 0 Å². The molecular formula is C6H14NTa-. The van der Waals surface area contributed by atoms with Crippen LogP contribution in [-0.4, -0.2) is 12.1 Å². The van der Waals surface area contributed by atoms with E-state index < -0.39 is 0 Å². The Hall–Kier alpha value is 0.700. The van der Waals surface area contributed by atoms with Crippen LogP contribution in [0.5, 0.6) is 0 Å². The van der Waals surface area contributed by atoms with Crippen molar-refractivity contribution in [3.8, 4) is 0 Å². The fourth-order valence-electron chi connectivity index (χ4n) is 0.375. The van der Waals surface area contributed by atoms with E-state index in [0.717, 1.165) is 6.54 Å². The van der Waals surface area contributed by atoms with E-state index in [1.807, 2.05) is 0 Å². The monoisotopic (exact) mass is 281 g/mol. The molecule has 0 saturated carbocycles. The molecule has 49 valence electrons. The van der Waals surface area contributed by atoms with Crippen LogP contribution in [0.1, 0.15) is 20.8 Å². The zero-order valence-electron chi connectivity index (χ0n) is 5.86. The average molecular weight is 281 g/mol. The van der Waals surface area contributed by atoms with E-state index in [9.17, 15) is 0 Å². The van der Waals surface area contributed by atoms with Crippen LogP contribution in [0.4, 0.5) is 0 Å². The van der Waals surface area contributed by atoms with Crippen molar-refractivity contribution in [1.82, 2.24) is 5.32 Å². The molecule has 8 heavy (non-hydrogen) atoms. The molecule has 0 spiro atoms. The van der Waals surface area contributed by atoms with Crippen molar-refractivity contribution in [3.63, 3.8) is 0 Å². The molecule has 0 aromatic carbocycles. The van der Waals surface area contributed by atoms with Crippen LogP contribution in [0.2, 0.25) is 0 Å². The first-order valence-electron chi connectivity index (χ1n) is 2.60. The molecule has 1 nitrogen and oxygen atoms in total. The minimum Gasteiger partial charge on any atom is -0.342 e. The molecule has 0 aliphatic heterocycles. The maximum atomic E-state index is 3.66. The van der Waals surface area contributed by atoms with Gasteiger partial charge in [-0.05, 0) is 20.8 Å². The van der Waals surface area contributed by atoms with Gasteiger partial charge in [0.2, 0.25) is 0 Å². The largest absolute Gasteiger partial charge is 0.342 e. The van der Waals surface area contributed by atoms with E-state index in [1.165, 1.54) is 0 Å². The molecule has 0 saturated heterocycles. The van der Waals surface area contributed by atoms with E-state index in [0.29, 0.717) is 0 Å². The minimum absolute atomic E-state index is 0. The first-order chi connectivity index (χ1) is 3.06. The maximum absolute atomic E-state index is 3.66. The molecule has 0 rings (SSSR count). The molecule has 0 unspecified atom stereocenters. The van der Waals surface area contributed by atoms with E-state index in [4.69, 9.17) is 0 Å². The molecular weight excluding hydrogens is 267 g/mol. The van der Waals surface area contributed by atoms with E-state index in [1.54, 1.807) is 0 Å². The average Bonchev–Trinajstić information content (AvgIpc) is 1.30. The zero-order valence-corrected chi connectivity index (χ0v) is 9.07. The molecule has 0 aromatic heterocycles. The van der Waals surface area contributed by atoms with Gasteiger partial charge >= 0.3 is 0 Å². The van der Waals surface area contributed by atoms with Crippen LogP contribution >= 0.6 is 0 Å². The van der Waals surface area contributed by atoms with Gasteiger partial charge in [-0.2, -0.15) is 0 Å². The van der Waals surface area contributed by atoms with Crippen LogP contribution in [-0.2, 0) is 22.4 Å². The summed E-state index contributed by atoms with van der Waals surface area (Å²) in [6.45, 7) is 10.8. The predicted octanol–water partition coefficient (Wildman–Crippen LogP) is 1.21. The summed E-state index contributed by atoms with van der Waals surface area (Å²) in [4.78, 5) is 0. The van der Waals surface area contributed by atoms with Gasteiger partial charge in [0.1, 0.15) is 0 Å². The Kier molecular flexibility index (Phi) is 6.56. The molecule has 0 amide bonds. The second-order valence-electron chi connectivity index (χ2n) is 2.68. The topological polar surface area (TPSA) is 12.0 Å². The van der Waals surface area contributed by atoms with E-state index >= 15 is 0 Å². The number of nitrogens with one attached hydrogen (secondary N) is 1. The van der Waals surface area contributed by atoms with E-state index in [-0.39, 0.29) is 27.9 Å². The van der Waals surface area contributed by atoms with Crippen LogP contribution in [0, 0.1) is 6.92 Å². The van der Waals surface area contributed by atoms with Crippen molar-refractivity contribution in [1.29, 1.82) is 0 Å². The molecule has 0 atom stereocenters. The zero-order chi connectivity index (χ0) is 5.91. The first-order valence-corrected chi connectivity index (χ1v) is 2.60. The van der Waals surface area contributed by atoms with Crippen molar-refractivity contribution in [2.45, 2.75) is 26.3 Å². The molecule has 0 fully saturated rings.